The summed E-state index contributed by atoms with van der Waals surface area (Å²) >= 11 is 3.43. The molecule has 0 amide bonds. The highest BCUT2D eigenvalue weighted by Gasteiger charge is 2.25. The molecule has 3 rings (SSSR count). The molecular weight excluding hydrogens is 280 g/mol. The van der Waals surface area contributed by atoms with Crippen molar-refractivity contribution in [2.75, 3.05) is 0 Å². The molecule has 0 aliphatic carbocycles. The van der Waals surface area contributed by atoms with Crippen molar-refractivity contribution >= 4 is 15.9 Å². The number of fused-ring (bicyclic) bond motifs is 1. The average Bonchev–Trinajstić information content (AvgIpc) is 2.82. The van der Waals surface area contributed by atoms with Crippen LogP contribution >= 0.6 is 15.9 Å². The highest BCUT2D eigenvalue weighted by atomic mass is 79.9. The first-order valence-corrected chi connectivity index (χ1v) is 6.56. The minimum absolute atomic E-state index is 0.322. The van der Waals surface area contributed by atoms with Gasteiger partial charge in [-0.05, 0) is 17.7 Å². The fraction of sp³-hybridized carbons (Fsp3) is 0.143. The van der Waals surface area contributed by atoms with Gasteiger partial charge in [0.05, 0.1) is 0 Å². The van der Waals surface area contributed by atoms with E-state index in [1.165, 1.54) is 5.56 Å². The monoisotopic (exact) mass is 290 g/mol. The third kappa shape index (κ3) is 2.03. The van der Waals surface area contributed by atoms with Gasteiger partial charge >= 0.3 is 0 Å². The summed E-state index contributed by atoms with van der Waals surface area (Å²) in [7, 11) is 0. The second kappa shape index (κ2) is 4.41. The Morgan fingerprint density at radius 1 is 0.941 bits per heavy atom. The van der Waals surface area contributed by atoms with Crippen LogP contribution in [0.4, 0.5) is 0 Å². The van der Waals surface area contributed by atoms with Crippen molar-refractivity contribution in [2.24, 2.45) is 0 Å². The fourth-order valence-corrected chi connectivity index (χ4v) is 2.17. The van der Waals surface area contributed by atoms with E-state index >= 15 is 0 Å². The van der Waals surface area contributed by atoms with Gasteiger partial charge in [-0.1, -0.05) is 52.3 Å². The summed E-state index contributed by atoms with van der Waals surface area (Å²) in [5.74, 6) is 1.62. The Morgan fingerprint density at radius 3 is 2.47 bits per heavy atom. The van der Waals surface area contributed by atoms with E-state index in [9.17, 15) is 0 Å². The van der Waals surface area contributed by atoms with Crippen LogP contribution in [0.25, 0.3) is 0 Å². The highest BCUT2D eigenvalue weighted by molar-refractivity contribution is 9.08. The van der Waals surface area contributed by atoms with Gasteiger partial charge in [-0.25, -0.2) is 0 Å². The lowest BCUT2D eigenvalue weighted by Gasteiger charge is -2.09. The number of benzene rings is 2. The van der Waals surface area contributed by atoms with Crippen LogP contribution in [0.15, 0.2) is 48.5 Å². The van der Waals surface area contributed by atoms with Crippen molar-refractivity contribution in [1.82, 2.24) is 0 Å². The summed E-state index contributed by atoms with van der Waals surface area (Å²) in [6.07, 6.45) is -0.322. The van der Waals surface area contributed by atoms with E-state index in [0.717, 1.165) is 22.4 Å². The fourth-order valence-electron chi connectivity index (χ4n) is 1.83. The summed E-state index contributed by atoms with van der Waals surface area (Å²) in [5, 5.41) is 0.819. The summed E-state index contributed by atoms with van der Waals surface area (Å²) in [6, 6.07) is 15.9. The molecule has 0 fully saturated rings. The molecule has 1 heterocycles. The van der Waals surface area contributed by atoms with E-state index in [1.807, 2.05) is 48.5 Å². The maximum absolute atomic E-state index is 5.79. The van der Waals surface area contributed by atoms with Gasteiger partial charge in [0.25, 0.3) is 6.29 Å². The minimum atomic E-state index is -0.322. The van der Waals surface area contributed by atoms with Crippen molar-refractivity contribution in [1.29, 1.82) is 0 Å². The highest BCUT2D eigenvalue weighted by Crippen LogP contribution is 2.40. The summed E-state index contributed by atoms with van der Waals surface area (Å²) < 4.78 is 11.5. The number of alkyl halides is 1. The van der Waals surface area contributed by atoms with E-state index in [-0.39, 0.29) is 6.29 Å². The molecular formula is C14H11BrO2. The molecule has 0 aromatic heterocycles. The number of hydrogen-bond donors (Lipinski definition) is 0. The third-order valence-electron chi connectivity index (χ3n) is 2.70. The lowest BCUT2D eigenvalue weighted by molar-refractivity contribution is 0.0487. The Labute approximate surface area is 108 Å². The lowest BCUT2D eigenvalue weighted by atomic mass is 10.2. The van der Waals surface area contributed by atoms with E-state index in [4.69, 9.17) is 9.47 Å². The molecule has 86 valence electrons. The number of halogens is 1. The Hall–Kier alpha value is -1.48. The molecule has 0 radical (unpaired) electrons. The van der Waals surface area contributed by atoms with Gasteiger partial charge in [-0.3, -0.25) is 0 Å². The molecule has 17 heavy (non-hydrogen) atoms. The molecule has 0 N–H and O–H groups in total. The molecule has 0 saturated heterocycles. The van der Waals surface area contributed by atoms with Gasteiger partial charge in [0.1, 0.15) is 0 Å². The smallest absolute Gasteiger partial charge is 0.267 e. The van der Waals surface area contributed by atoms with Crippen LogP contribution in [0.3, 0.4) is 0 Å². The molecule has 0 saturated carbocycles. The SMILES string of the molecule is BrCc1ccc2c(c1)OC(c1ccccc1)O2. The molecule has 2 nitrogen and oxygen atoms in total. The van der Waals surface area contributed by atoms with Crippen LogP contribution in [0, 0.1) is 0 Å². The lowest BCUT2D eigenvalue weighted by Crippen LogP contribution is -2.07. The Bertz CT molecular complexity index is 525. The van der Waals surface area contributed by atoms with Crippen molar-refractivity contribution < 1.29 is 9.47 Å². The van der Waals surface area contributed by atoms with Gasteiger partial charge in [-0.2, -0.15) is 0 Å². The predicted octanol–water partition coefficient (Wildman–Crippen LogP) is 4.05. The van der Waals surface area contributed by atoms with Gasteiger partial charge in [0.2, 0.25) is 0 Å². The second-order valence-corrected chi connectivity index (χ2v) is 4.45. The minimum Gasteiger partial charge on any atom is -0.447 e. The van der Waals surface area contributed by atoms with Gasteiger partial charge < -0.3 is 9.47 Å². The molecule has 2 aromatic carbocycles. The zero-order chi connectivity index (χ0) is 11.7. The first kappa shape index (κ1) is 10.7. The third-order valence-corrected chi connectivity index (χ3v) is 3.35. The average molecular weight is 291 g/mol. The molecule has 1 atom stereocenters. The van der Waals surface area contributed by atoms with Crippen LogP contribution in [0.5, 0.6) is 11.5 Å². The second-order valence-electron chi connectivity index (χ2n) is 3.89. The molecule has 0 bridgehead atoms. The van der Waals surface area contributed by atoms with E-state index in [2.05, 4.69) is 15.9 Å². The molecule has 0 spiro atoms. The normalized spacial score (nSPS) is 17.1. The van der Waals surface area contributed by atoms with Crippen LogP contribution in [0.2, 0.25) is 0 Å². The molecule has 3 heteroatoms. The molecule has 2 aromatic rings. The van der Waals surface area contributed by atoms with Gasteiger partial charge in [0, 0.05) is 10.9 Å². The predicted molar refractivity (Wildman–Crippen MR) is 69.5 cm³/mol. The largest absolute Gasteiger partial charge is 0.447 e. The van der Waals surface area contributed by atoms with Crippen molar-refractivity contribution in [3.63, 3.8) is 0 Å². The topological polar surface area (TPSA) is 18.5 Å². The zero-order valence-corrected chi connectivity index (χ0v) is 10.7. The van der Waals surface area contributed by atoms with Crippen LogP contribution in [0.1, 0.15) is 17.4 Å². The maximum atomic E-state index is 5.79. The summed E-state index contributed by atoms with van der Waals surface area (Å²) in [4.78, 5) is 0. The number of rotatable bonds is 2. The van der Waals surface area contributed by atoms with Crippen LogP contribution < -0.4 is 9.47 Å². The first-order valence-electron chi connectivity index (χ1n) is 5.44. The quantitative estimate of drug-likeness (QED) is 0.777. The summed E-state index contributed by atoms with van der Waals surface area (Å²) in [5.41, 5.74) is 2.21. The van der Waals surface area contributed by atoms with Gasteiger partial charge in [-0.15, -0.1) is 0 Å². The van der Waals surface area contributed by atoms with E-state index in [0.29, 0.717) is 0 Å². The van der Waals surface area contributed by atoms with Crippen molar-refractivity contribution in [3.8, 4) is 11.5 Å². The molecule has 1 aliphatic rings. The summed E-state index contributed by atoms with van der Waals surface area (Å²) in [6.45, 7) is 0. The van der Waals surface area contributed by atoms with Crippen LogP contribution in [-0.2, 0) is 5.33 Å². The van der Waals surface area contributed by atoms with E-state index in [1.54, 1.807) is 0 Å². The number of ether oxygens (including phenoxy) is 2. The zero-order valence-electron chi connectivity index (χ0n) is 9.10. The van der Waals surface area contributed by atoms with Crippen molar-refractivity contribution in [2.45, 2.75) is 11.6 Å². The van der Waals surface area contributed by atoms with Crippen molar-refractivity contribution in [3.05, 3.63) is 59.7 Å². The Morgan fingerprint density at radius 2 is 1.71 bits per heavy atom. The standard InChI is InChI=1S/C14H11BrO2/c15-9-10-6-7-12-13(8-10)17-14(16-12)11-4-2-1-3-5-11/h1-8,14H,9H2. The van der Waals surface area contributed by atoms with E-state index < -0.39 is 0 Å². The Balaban J connectivity index is 1.88. The number of hydrogen-bond acceptors (Lipinski definition) is 2. The van der Waals surface area contributed by atoms with Crippen LogP contribution in [-0.4, -0.2) is 0 Å². The molecule has 1 unspecified atom stereocenters. The molecule has 1 aliphatic heterocycles. The Kier molecular flexibility index (Phi) is 2.77. The van der Waals surface area contributed by atoms with Gasteiger partial charge in [0.15, 0.2) is 11.5 Å². The maximum Gasteiger partial charge on any atom is 0.267 e. The first-order chi connectivity index (χ1) is 8.36.